The molecule has 0 saturated carbocycles. The number of aliphatic hydroxyl groups is 1. The minimum Gasteiger partial charge on any atom is -0.465 e. The average Bonchev–Trinajstić information content (AvgIpc) is 2.73. The third-order valence-electron chi connectivity index (χ3n) is 4.20. The van der Waals surface area contributed by atoms with Gasteiger partial charge in [0.15, 0.2) is 0 Å². The molecule has 1 atom stereocenters. The third-order valence-corrected chi connectivity index (χ3v) is 6.24. The summed E-state index contributed by atoms with van der Waals surface area (Å²) in [6, 6.07) is 0. The fourth-order valence-electron chi connectivity index (χ4n) is 2.89. The molecule has 1 unspecified atom stereocenters. The molecule has 0 aromatic carbocycles. The lowest BCUT2D eigenvalue weighted by Crippen LogP contribution is -2.49. The Morgan fingerprint density at radius 2 is 2.05 bits per heavy atom. The number of methoxy groups -OCH3 is 1. The first-order chi connectivity index (χ1) is 9.75. The Morgan fingerprint density at radius 3 is 2.62 bits per heavy atom. The average molecular weight is 317 g/mol. The fourth-order valence-corrected chi connectivity index (χ4v) is 4.89. The van der Waals surface area contributed by atoms with Crippen molar-refractivity contribution in [3.05, 3.63) is 17.1 Å². The summed E-state index contributed by atoms with van der Waals surface area (Å²) in [5.41, 5.74) is -0.130. The number of ether oxygens (including phenoxy) is 1. The Bertz CT molecular complexity index is 622. The normalized spacial score (nSPS) is 24.4. The van der Waals surface area contributed by atoms with Crippen molar-refractivity contribution in [2.75, 3.05) is 20.2 Å². The van der Waals surface area contributed by atoms with Crippen molar-refractivity contribution >= 4 is 10.0 Å². The predicted molar refractivity (Wildman–Crippen MR) is 77.5 cm³/mol. The van der Waals surface area contributed by atoms with E-state index in [2.05, 4.69) is 0 Å². The molecule has 1 saturated heterocycles. The van der Waals surface area contributed by atoms with Gasteiger partial charge in [-0.3, -0.25) is 0 Å². The standard InChI is InChI=1S/C14H23NO5S/c1-10-12(8-16)13(11(2)20-10)21(17,18)15-7-5-6-14(3,9-15)19-4/h16H,5-9H2,1-4H3. The van der Waals surface area contributed by atoms with Gasteiger partial charge in [0.05, 0.1) is 12.2 Å². The van der Waals surface area contributed by atoms with Gasteiger partial charge in [-0.2, -0.15) is 4.31 Å². The first-order valence-electron chi connectivity index (χ1n) is 7.00. The molecule has 120 valence electrons. The van der Waals surface area contributed by atoms with Crippen LogP contribution in [0.2, 0.25) is 0 Å². The maximum Gasteiger partial charge on any atom is 0.247 e. The Morgan fingerprint density at radius 1 is 1.38 bits per heavy atom. The van der Waals surface area contributed by atoms with Crippen molar-refractivity contribution in [1.29, 1.82) is 0 Å². The molecule has 1 aliphatic heterocycles. The Hall–Kier alpha value is -0.890. The van der Waals surface area contributed by atoms with Gasteiger partial charge in [0.2, 0.25) is 10.0 Å². The number of hydrogen-bond acceptors (Lipinski definition) is 5. The van der Waals surface area contributed by atoms with Gasteiger partial charge in [-0.15, -0.1) is 0 Å². The number of aryl methyl sites for hydroxylation is 2. The van der Waals surface area contributed by atoms with Crippen LogP contribution < -0.4 is 0 Å². The van der Waals surface area contributed by atoms with E-state index in [0.717, 1.165) is 12.8 Å². The third kappa shape index (κ3) is 2.88. The summed E-state index contributed by atoms with van der Waals surface area (Å²) in [5.74, 6) is 0.765. The smallest absolute Gasteiger partial charge is 0.247 e. The molecule has 1 aliphatic rings. The van der Waals surface area contributed by atoms with Crippen LogP contribution in [0, 0.1) is 13.8 Å². The lowest BCUT2D eigenvalue weighted by molar-refractivity contribution is -0.0319. The monoisotopic (exact) mass is 317 g/mol. The van der Waals surface area contributed by atoms with Gasteiger partial charge >= 0.3 is 0 Å². The summed E-state index contributed by atoms with van der Waals surface area (Å²) >= 11 is 0. The maximum absolute atomic E-state index is 12.9. The molecule has 1 aromatic heterocycles. The first-order valence-corrected chi connectivity index (χ1v) is 8.44. The van der Waals surface area contributed by atoms with Gasteiger partial charge in [0.1, 0.15) is 16.4 Å². The quantitative estimate of drug-likeness (QED) is 0.912. The van der Waals surface area contributed by atoms with Crippen LogP contribution in [0.1, 0.15) is 36.8 Å². The van der Waals surface area contributed by atoms with Crippen molar-refractivity contribution in [1.82, 2.24) is 4.31 Å². The van der Waals surface area contributed by atoms with Crippen LogP contribution in [0.15, 0.2) is 9.31 Å². The molecule has 2 rings (SSSR count). The van der Waals surface area contributed by atoms with E-state index in [-0.39, 0.29) is 11.5 Å². The molecule has 21 heavy (non-hydrogen) atoms. The number of furan rings is 1. The fraction of sp³-hybridized carbons (Fsp3) is 0.714. The van der Waals surface area contributed by atoms with Crippen molar-refractivity contribution < 1.29 is 22.7 Å². The lowest BCUT2D eigenvalue weighted by Gasteiger charge is -2.38. The zero-order valence-electron chi connectivity index (χ0n) is 13.0. The topological polar surface area (TPSA) is 80.0 Å². The van der Waals surface area contributed by atoms with Crippen molar-refractivity contribution in [3.63, 3.8) is 0 Å². The Labute approximate surface area is 125 Å². The van der Waals surface area contributed by atoms with Crippen LogP contribution in [-0.4, -0.2) is 43.6 Å². The van der Waals surface area contributed by atoms with Crippen LogP contribution in [-0.2, 0) is 21.4 Å². The molecule has 0 aliphatic carbocycles. The van der Waals surface area contributed by atoms with E-state index in [1.54, 1.807) is 21.0 Å². The molecule has 0 spiro atoms. The molecule has 7 heteroatoms. The molecular weight excluding hydrogens is 294 g/mol. The molecule has 1 fully saturated rings. The van der Waals surface area contributed by atoms with Crippen molar-refractivity contribution in [3.8, 4) is 0 Å². The summed E-state index contributed by atoms with van der Waals surface area (Å²) in [6.07, 6.45) is 1.57. The molecule has 6 nitrogen and oxygen atoms in total. The van der Waals surface area contributed by atoms with Crippen LogP contribution in [0.25, 0.3) is 0 Å². The van der Waals surface area contributed by atoms with Crippen LogP contribution in [0.4, 0.5) is 0 Å². The predicted octanol–water partition coefficient (Wildman–Crippen LogP) is 1.58. The molecule has 1 aromatic rings. The van der Waals surface area contributed by atoms with Gasteiger partial charge in [-0.25, -0.2) is 8.42 Å². The van der Waals surface area contributed by atoms with E-state index >= 15 is 0 Å². The second-order valence-electron chi connectivity index (χ2n) is 5.78. The molecule has 0 radical (unpaired) electrons. The number of nitrogens with zero attached hydrogens (tertiary/aromatic N) is 1. The van der Waals surface area contributed by atoms with E-state index in [1.807, 2.05) is 6.92 Å². The Balaban J connectivity index is 2.43. The van der Waals surface area contributed by atoms with E-state index in [4.69, 9.17) is 9.15 Å². The summed E-state index contributed by atoms with van der Waals surface area (Å²) in [4.78, 5) is 0.0999. The number of hydrogen-bond donors (Lipinski definition) is 1. The zero-order valence-corrected chi connectivity index (χ0v) is 13.8. The molecule has 2 heterocycles. The zero-order chi connectivity index (χ0) is 15.8. The molecule has 0 amide bonds. The lowest BCUT2D eigenvalue weighted by atomic mass is 9.96. The van der Waals surface area contributed by atoms with Gasteiger partial charge in [0, 0.05) is 25.8 Å². The van der Waals surface area contributed by atoms with Gasteiger partial charge < -0.3 is 14.3 Å². The number of aliphatic hydroxyl groups excluding tert-OH is 1. The highest BCUT2D eigenvalue weighted by atomic mass is 32.2. The highest BCUT2D eigenvalue weighted by Gasteiger charge is 2.39. The number of rotatable bonds is 4. The van der Waals surface area contributed by atoms with Crippen LogP contribution in [0.5, 0.6) is 0 Å². The van der Waals surface area contributed by atoms with E-state index < -0.39 is 15.6 Å². The van der Waals surface area contributed by atoms with E-state index in [1.165, 1.54) is 4.31 Å². The highest BCUT2D eigenvalue weighted by Crippen LogP contribution is 2.33. The number of sulfonamides is 1. The molecule has 1 N–H and O–H groups in total. The first kappa shape index (κ1) is 16.5. The summed E-state index contributed by atoms with van der Waals surface area (Å²) in [7, 11) is -2.10. The van der Waals surface area contributed by atoms with Gasteiger partial charge in [-0.1, -0.05) is 0 Å². The highest BCUT2D eigenvalue weighted by molar-refractivity contribution is 7.89. The van der Waals surface area contributed by atoms with Gasteiger partial charge in [0.25, 0.3) is 0 Å². The second-order valence-corrected chi connectivity index (χ2v) is 7.65. The molecule has 0 bridgehead atoms. The maximum atomic E-state index is 12.9. The summed E-state index contributed by atoms with van der Waals surface area (Å²) in [6.45, 7) is 5.59. The van der Waals surface area contributed by atoms with Crippen molar-refractivity contribution in [2.45, 2.75) is 50.7 Å². The minimum absolute atomic E-state index is 0.0999. The SMILES string of the molecule is COC1(C)CCCN(S(=O)(=O)c2c(C)oc(C)c2CO)C1. The van der Waals surface area contributed by atoms with Crippen molar-refractivity contribution in [2.24, 2.45) is 0 Å². The number of piperidine rings is 1. The summed E-state index contributed by atoms with van der Waals surface area (Å²) < 4.78 is 38.1. The minimum atomic E-state index is -3.70. The van der Waals surface area contributed by atoms with E-state index in [0.29, 0.717) is 30.2 Å². The summed E-state index contributed by atoms with van der Waals surface area (Å²) in [5, 5.41) is 9.46. The largest absolute Gasteiger partial charge is 0.465 e. The van der Waals surface area contributed by atoms with Gasteiger partial charge in [-0.05, 0) is 33.6 Å². The second kappa shape index (κ2) is 5.72. The van der Waals surface area contributed by atoms with Crippen LogP contribution in [0.3, 0.4) is 0 Å². The van der Waals surface area contributed by atoms with Crippen LogP contribution >= 0.6 is 0 Å². The van der Waals surface area contributed by atoms with E-state index in [9.17, 15) is 13.5 Å². The molecular formula is C14H23NO5S. The Kier molecular flexibility index (Phi) is 4.49.